The molecule has 0 aromatic heterocycles. The zero-order valence-corrected chi connectivity index (χ0v) is 13.9. The van der Waals surface area contributed by atoms with E-state index in [1.807, 2.05) is 0 Å². The molecule has 1 aromatic carbocycles. The lowest BCUT2D eigenvalue weighted by molar-refractivity contribution is 0.0947. The highest BCUT2D eigenvalue weighted by Gasteiger charge is 2.15. The summed E-state index contributed by atoms with van der Waals surface area (Å²) in [5.74, 6) is -0.164. The normalized spacial score (nSPS) is 14.9. The van der Waals surface area contributed by atoms with Gasteiger partial charge in [0, 0.05) is 17.6 Å². The molecule has 4 nitrogen and oxygen atoms in total. The van der Waals surface area contributed by atoms with E-state index in [1.54, 1.807) is 19.1 Å². The lowest BCUT2D eigenvalue weighted by Crippen LogP contribution is -2.33. The van der Waals surface area contributed by atoms with E-state index in [1.165, 1.54) is 12.8 Å². The van der Waals surface area contributed by atoms with Crippen LogP contribution >= 0.6 is 28.3 Å². The Morgan fingerprint density at radius 1 is 1.40 bits per heavy atom. The first kappa shape index (κ1) is 17.3. The van der Waals surface area contributed by atoms with E-state index >= 15 is 0 Å². The van der Waals surface area contributed by atoms with Crippen LogP contribution in [0.4, 0.5) is 0 Å². The van der Waals surface area contributed by atoms with E-state index < -0.39 is 0 Å². The third kappa shape index (κ3) is 4.36. The number of nitrogens with zero attached hydrogens (tertiary/aromatic N) is 1. The molecule has 1 aromatic rings. The van der Waals surface area contributed by atoms with Gasteiger partial charge in [0.2, 0.25) is 0 Å². The first-order chi connectivity index (χ1) is 9.08. The Morgan fingerprint density at radius 2 is 2.05 bits per heavy atom. The molecule has 6 heteroatoms. The van der Waals surface area contributed by atoms with Crippen molar-refractivity contribution < 1.29 is 9.90 Å². The smallest absolute Gasteiger partial charge is 0.255 e. The second kappa shape index (κ2) is 7.86. The quantitative estimate of drug-likeness (QED) is 0.865. The third-order valence-electron chi connectivity index (χ3n) is 3.42. The Bertz CT molecular complexity index is 476. The summed E-state index contributed by atoms with van der Waals surface area (Å²) < 4.78 is 0.799. The van der Waals surface area contributed by atoms with Gasteiger partial charge in [-0.3, -0.25) is 4.79 Å². The number of carbonyl (C=O) groups excluding carboxylic acids is 1. The maximum atomic E-state index is 12.0. The van der Waals surface area contributed by atoms with Crippen molar-refractivity contribution in [2.75, 3.05) is 26.2 Å². The van der Waals surface area contributed by atoms with Gasteiger partial charge >= 0.3 is 0 Å². The molecule has 1 aliphatic heterocycles. The van der Waals surface area contributed by atoms with Crippen LogP contribution in [-0.2, 0) is 0 Å². The van der Waals surface area contributed by atoms with Gasteiger partial charge in [-0.25, -0.2) is 0 Å². The number of phenols is 1. The number of phenolic OH excluding ortho intramolecular Hbond substituents is 1. The highest BCUT2D eigenvalue weighted by atomic mass is 79.9. The number of benzene rings is 1. The number of hydrogen-bond acceptors (Lipinski definition) is 3. The van der Waals surface area contributed by atoms with Gasteiger partial charge < -0.3 is 15.3 Å². The number of halogens is 2. The molecule has 112 valence electrons. The molecule has 0 saturated carbocycles. The minimum Gasteiger partial charge on any atom is -0.507 e. The molecule has 0 unspecified atom stereocenters. The molecule has 2 rings (SSSR count). The predicted molar refractivity (Wildman–Crippen MR) is 85.8 cm³/mol. The van der Waals surface area contributed by atoms with Gasteiger partial charge in [0.15, 0.2) is 0 Å². The van der Waals surface area contributed by atoms with Crippen LogP contribution in [0.15, 0.2) is 16.6 Å². The van der Waals surface area contributed by atoms with Gasteiger partial charge in [-0.05, 0) is 50.6 Å². The summed E-state index contributed by atoms with van der Waals surface area (Å²) in [7, 11) is 0. The zero-order valence-electron chi connectivity index (χ0n) is 11.5. The van der Waals surface area contributed by atoms with Crippen LogP contribution < -0.4 is 5.32 Å². The monoisotopic (exact) mass is 362 g/mol. The lowest BCUT2D eigenvalue weighted by Gasteiger charge is -2.15. The maximum absolute atomic E-state index is 12.0. The van der Waals surface area contributed by atoms with E-state index in [4.69, 9.17) is 0 Å². The Kier molecular flexibility index (Phi) is 6.79. The fourth-order valence-electron chi connectivity index (χ4n) is 2.34. The summed E-state index contributed by atoms with van der Waals surface area (Å²) in [6, 6.07) is 3.43. The fourth-order valence-corrected chi connectivity index (χ4v) is 2.91. The van der Waals surface area contributed by atoms with Gasteiger partial charge in [-0.2, -0.15) is 0 Å². The number of nitrogens with one attached hydrogen (secondary N) is 1. The molecule has 1 saturated heterocycles. The van der Waals surface area contributed by atoms with Crippen molar-refractivity contribution in [1.82, 2.24) is 10.2 Å². The van der Waals surface area contributed by atoms with Gasteiger partial charge in [0.25, 0.3) is 5.91 Å². The second-order valence-corrected chi connectivity index (χ2v) is 5.84. The summed E-state index contributed by atoms with van der Waals surface area (Å²) in [6.45, 7) is 5.51. The highest BCUT2D eigenvalue weighted by Crippen LogP contribution is 2.26. The molecule has 2 N–H and O–H groups in total. The molecular weight excluding hydrogens is 344 g/mol. The number of likely N-dealkylation sites (tertiary alicyclic amines) is 1. The first-order valence-corrected chi connectivity index (χ1v) is 7.37. The van der Waals surface area contributed by atoms with Crippen molar-refractivity contribution in [3.05, 3.63) is 27.7 Å². The van der Waals surface area contributed by atoms with Crippen LogP contribution in [0.1, 0.15) is 28.8 Å². The molecule has 0 aliphatic carbocycles. The van der Waals surface area contributed by atoms with Crippen LogP contribution in [0.25, 0.3) is 0 Å². The number of aryl methyl sites for hydroxylation is 1. The lowest BCUT2D eigenvalue weighted by atomic mass is 10.1. The molecule has 20 heavy (non-hydrogen) atoms. The number of rotatable bonds is 4. The van der Waals surface area contributed by atoms with Gasteiger partial charge in [0.05, 0.1) is 5.56 Å². The minimum absolute atomic E-state index is 0. The molecule has 1 amide bonds. The van der Waals surface area contributed by atoms with Crippen molar-refractivity contribution >= 4 is 34.2 Å². The number of amides is 1. The molecule has 1 heterocycles. The topological polar surface area (TPSA) is 52.6 Å². The van der Waals surface area contributed by atoms with Crippen LogP contribution in [-0.4, -0.2) is 42.1 Å². The minimum atomic E-state index is -0.221. The Labute approximate surface area is 134 Å². The molecular formula is C14H20BrClN2O2. The molecule has 0 radical (unpaired) electrons. The van der Waals surface area contributed by atoms with Crippen molar-refractivity contribution in [3.63, 3.8) is 0 Å². The number of hydrogen-bond donors (Lipinski definition) is 2. The second-order valence-electron chi connectivity index (χ2n) is 4.92. The van der Waals surface area contributed by atoms with Crippen molar-refractivity contribution in [2.24, 2.45) is 0 Å². The van der Waals surface area contributed by atoms with Crippen LogP contribution in [0.2, 0.25) is 0 Å². The third-order valence-corrected chi connectivity index (χ3v) is 3.88. The Hall–Kier alpha value is -0.780. The largest absolute Gasteiger partial charge is 0.507 e. The molecule has 0 atom stereocenters. The molecule has 1 aliphatic rings. The maximum Gasteiger partial charge on any atom is 0.255 e. The summed E-state index contributed by atoms with van der Waals surface area (Å²) in [5, 5.41) is 12.8. The number of aromatic hydroxyl groups is 1. The van der Waals surface area contributed by atoms with Gasteiger partial charge in [-0.15, -0.1) is 12.4 Å². The van der Waals surface area contributed by atoms with Crippen LogP contribution in [0, 0.1) is 6.92 Å². The van der Waals surface area contributed by atoms with E-state index in [0.29, 0.717) is 17.7 Å². The average Bonchev–Trinajstić information content (AvgIpc) is 2.86. The van der Waals surface area contributed by atoms with Crippen molar-refractivity contribution in [3.8, 4) is 5.75 Å². The van der Waals surface area contributed by atoms with Crippen molar-refractivity contribution in [1.29, 1.82) is 0 Å². The van der Waals surface area contributed by atoms with E-state index in [2.05, 4.69) is 26.1 Å². The number of carbonyl (C=O) groups is 1. The SMILES string of the molecule is Cc1cc(Br)cc(C(=O)NCCN2CCCC2)c1O.Cl. The first-order valence-electron chi connectivity index (χ1n) is 6.57. The van der Waals surface area contributed by atoms with Crippen LogP contribution in [0.3, 0.4) is 0 Å². The average molecular weight is 364 g/mol. The Balaban J connectivity index is 0.00000200. The molecule has 0 bridgehead atoms. The standard InChI is InChI=1S/C14H19BrN2O2.ClH/c1-10-8-11(15)9-12(13(10)18)14(19)16-4-7-17-5-2-3-6-17;/h8-9,18H,2-7H2,1H3,(H,16,19);1H. The summed E-state index contributed by atoms with van der Waals surface area (Å²) >= 11 is 3.34. The van der Waals surface area contributed by atoms with Crippen LogP contribution in [0.5, 0.6) is 5.75 Å². The summed E-state index contributed by atoms with van der Waals surface area (Å²) in [4.78, 5) is 14.4. The Morgan fingerprint density at radius 3 is 2.70 bits per heavy atom. The van der Waals surface area contributed by atoms with Crippen molar-refractivity contribution in [2.45, 2.75) is 19.8 Å². The molecule has 1 fully saturated rings. The molecule has 0 spiro atoms. The highest BCUT2D eigenvalue weighted by molar-refractivity contribution is 9.10. The van der Waals surface area contributed by atoms with E-state index in [0.717, 1.165) is 24.1 Å². The van der Waals surface area contributed by atoms with Gasteiger partial charge in [0.1, 0.15) is 5.75 Å². The zero-order chi connectivity index (χ0) is 13.8. The summed E-state index contributed by atoms with van der Waals surface area (Å²) in [6.07, 6.45) is 2.50. The van der Waals surface area contributed by atoms with Gasteiger partial charge in [-0.1, -0.05) is 15.9 Å². The predicted octanol–water partition coefficient (Wildman–Crippen LogP) is 2.71. The summed E-state index contributed by atoms with van der Waals surface area (Å²) in [5.41, 5.74) is 1.02. The fraction of sp³-hybridized carbons (Fsp3) is 0.500. The van der Waals surface area contributed by atoms with E-state index in [9.17, 15) is 9.90 Å². The van der Waals surface area contributed by atoms with E-state index in [-0.39, 0.29) is 24.1 Å².